The van der Waals surface area contributed by atoms with Crippen LogP contribution in [0.25, 0.3) is 0 Å². The fourth-order valence-electron chi connectivity index (χ4n) is 1.40. The van der Waals surface area contributed by atoms with Crippen LogP contribution in [0.3, 0.4) is 0 Å². The highest BCUT2D eigenvalue weighted by atomic mass is 79.9. The van der Waals surface area contributed by atoms with Gasteiger partial charge in [-0.15, -0.1) is 0 Å². The third-order valence-electron chi connectivity index (χ3n) is 2.33. The molecule has 1 aromatic rings. The average Bonchev–Trinajstić information content (AvgIpc) is 2.25. The molecule has 0 unspecified atom stereocenters. The van der Waals surface area contributed by atoms with Gasteiger partial charge in [0.05, 0.1) is 5.56 Å². The number of carbonyl (C=O) groups excluding carboxylic acids is 1. The van der Waals surface area contributed by atoms with E-state index in [0.29, 0.717) is 0 Å². The minimum absolute atomic E-state index is 0.0628. The maximum Gasteiger partial charge on any atom is 0.254 e. The summed E-state index contributed by atoms with van der Waals surface area (Å²) in [6.45, 7) is 2.78. The maximum atomic E-state index is 12.1. The summed E-state index contributed by atoms with van der Waals surface area (Å²) in [5.41, 5.74) is 1.87. The van der Waals surface area contributed by atoms with Crippen LogP contribution in [0, 0.1) is 6.92 Å². The number of aryl methyl sites for hydroxylation is 1. The number of hydrogen-bond acceptors (Lipinski definition) is 1. The van der Waals surface area contributed by atoms with E-state index in [1.165, 1.54) is 0 Å². The number of halogens is 2. The van der Waals surface area contributed by atoms with E-state index in [-0.39, 0.29) is 5.91 Å². The first-order valence-corrected chi connectivity index (χ1v) is 7.05. The van der Waals surface area contributed by atoms with E-state index in [1.54, 1.807) is 4.90 Å². The molecule has 0 aliphatic heterocycles. The van der Waals surface area contributed by atoms with Crippen LogP contribution in [-0.4, -0.2) is 29.7 Å². The van der Waals surface area contributed by atoms with Gasteiger partial charge in [-0.2, -0.15) is 0 Å². The lowest BCUT2D eigenvalue weighted by Crippen LogP contribution is -2.28. The topological polar surface area (TPSA) is 20.3 Å². The molecule has 0 saturated heterocycles. The predicted octanol–water partition coefficient (Wildman–Crippen LogP) is 3.61. The first-order valence-electron chi connectivity index (χ1n) is 5.14. The summed E-state index contributed by atoms with van der Waals surface area (Å²) in [4.78, 5) is 13.8. The summed E-state index contributed by atoms with van der Waals surface area (Å²) < 4.78 is 0.864. The van der Waals surface area contributed by atoms with E-state index in [1.807, 2.05) is 32.2 Å². The second-order valence-corrected chi connectivity index (χ2v) is 5.40. The van der Waals surface area contributed by atoms with Crippen LogP contribution in [0.2, 0.25) is 0 Å². The zero-order valence-electron chi connectivity index (χ0n) is 9.46. The van der Waals surface area contributed by atoms with Gasteiger partial charge in [0, 0.05) is 23.4 Å². The maximum absolute atomic E-state index is 12.1. The standard InChI is InChI=1S/C12H15Br2NO/c1-9-4-5-10(11(14)8-9)12(16)15(2)7-3-6-13/h4-5,8H,3,6-7H2,1-2H3. The molecule has 0 radical (unpaired) electrons. The smallest absolute Gasteiger partial charge is 0.254 e. The van der Waals surface area contributed by atoms with Crippen molar-refractivity contribution in [3.05, 3.63) is 33.8 Å². The third-order valence-corrected chi connectivity index (χ3v) is 3.55. The van der Waals surface area contributed by atoms with Crippen molar-refractivity contribution in [2.24, 2.45) is 0 Å². The van der Waals surface area contributed by atoms with E-state index in [0.717, 1.165) is 33.9 Å². The van der Waals surface area contributed by atoms with Gasteiger partial charge in [0.15, 0.2) is 0 Å². The van der Waals surface area contributed by atoms with Gasteiger partial charge in [-0.1, -0.05) is 22.0 Å². The molecule has 1 aromatic carbocycles. The lowest BCUT2D eigenvalue weighted by molar-refractivity contribution is 0.0795. The van der Waals surface area contributed by atoms with Crippen LogP contribution in [0.5, 0.6) is 0 Å². The largest absolute Gasteiger partial charge is 0.342 e. The van der Waals surface area contributed by atoms with Crippen molar-refractivity contribution in [2.75, 3.05) is 18.9 Å². The zero-order valence-corrected chi connectivity index (χ0v) is 12.6. The van der Waals surface area contributed by atoms with Crippen LogP contribution >= 0.6 is 31.9 Å². The van der Waals surface area contributed by atoms with Gasteiger partial charge in [-0.05, 0) is 47.0 Å². The van der Waals surface area contributed by atoms with E-state index in [2.05, 4.69) is 31.9 Å². The van der Waals surface area contributed by atoms with E-state index < -0.39 is 0 Å². The molecule has 0 heterocycles. The number of amides is 1. The fraction of sp³-hybridized carbons (Fsp3) is 0.417. The Morgan fingerprint density at radius 2 is 2.12 bits per heavy atom. The highest BCUT2D eigenvalue weighted by Gasteiger charge is 2.14. The molecule has 16 heavy (non-hydrogen) atoms. The molecule has 88 valence electrons. The van der Waals surface area contributed by atoms with Gasteiger partial charge < -0.3 is 4.90 Å². The molecular weight excluding hydrogens is 334 g/mol. The van der Waals surface area contributed by atoms with Crippen molar-refractivity contribution in [2.45, 2.75) is 13.3 Å². The Morgan fingerprint density at radius 3 is 2.69 bits per heavy atom. The van der Waals surface area contributed by atoms with Crippen LogP contribution < -0.4 is 0 Å². The van der Waals surface area contributed by atoms with Crippen molar-refractivity contribution < 1.29 is 4.79 Å². The first-order chi connectivity index (χ1) is 7.56. The number of benzene rings is 1. The summed E-state index contributed by atoms with van der Waals surface area (Å²) in [6, 6.07) is 5.79. The average molecular weight is 349 g/mol. The number of carbonyl (C=O) groups is 1. The van der Waals surface area contributed by atoms with Crippen molar-refractivity contribution in [3.63, 3.8) is 0 Å². The second-order valence-electron chi connectivity index (χ2n) is 3.75. The van der Waals surface area contributed by atoms with E-state index in [9.17, 15) is 4.79 Å². The molecule has 0 atom stereocenters. The van der Waals surface area contributed by atoms with Crippen LogP contribution in [0.4, 0.5) is 0 Å². The third kappa shape index (κ3) is 3.59. The van der Waals surface area contributed by atoms with Crippen LogP contribution in [-0.2, 0) is 0 Å². The van der Waals surface area contributed by atoms with Crippen molar-refractivity contribution in [1.82, 2.24) is 4.90 Å². The Morgan fingerprint density at radius 1 is 1.44 bits per heavy atom. The molecule has 4 heteroatoms. The summed E-state index contributed by atoms with van der Waals surface area (Å²) in [5.74, 6) is 0.0628. The van der Waals surface area contributed by atoms with Gasteiger partial charge in [0.2, 0.25) is 0 Å². The molecule has 2 nitrogen and oxygen atoms in total. The molecule has 0 bridgehead atoms. The van der Waals surface area contributed by atoms with Gasteiger partial charge in [-0.25, -0.2) is 0 Å². The Kier molecular flexibility index (Phi) is 5.49. The normalized spacial score (nSPS) is 10.2. The van der Waals surface area contributed by atoms with Gasteiger partial charge in [0.25, 0.3) is 5.91 Å². The lowest BCUT2D eigenvalue weighted by atomic mass is 10.1. The highest BCUT2D eigenvalue weighted by Crippen LogP contribution is 2.19. The zero-order chi connectivity index (χ0) is 12.1. The minimum Gasteiger partial charge on any atom is -0.342 e. The molecule has 0 aliphatic carbocycles. The molecule has 1 amide bonds. The van der Waals surface area contributed by atoms with Gasteiger partial charge >= 0.3 is 0 Å². The molecule has 0 aromatic heterocycles. The molecule has 0 fully saturated rings. The Labute approximate surface area is 113 Å². The fourth-order valence-corrected chi connectivity index (χ4v) is 2.31. The summed E-state index contributed by atoms with van der Waals surface area (Å²) in [6.07, 6.45) is 0.964. The summed E-state index contributed by atoms with van der Waals surface area (Å²) in [7, 11) is 1.83. The van der Waals surface area contributed by atoms with E-state index >= 15 is 0 Å². The Balaban J connectivity index is 2.79. The SMILES string of the molecule is Cc1ccc(C(=O)N(C)CCCBr)c(Br)c1. The summed E-state index contributed by atoms with van der Waals surface area (Å²) in [5, 5.41) is 0.916. The molecule has 1 rings (SSSR count). The van der Waals surface area contributed by atoms with Crippen molar-refractivity contribution in [3.8, 4) is 0 Å². The van der Waals surface area contributed by atoms with E-state index in [4.69, 9.17) is 0 Å². The Hall–Kier alpha value is -0.350. The lowest BCUT2D eigenvalue weighted by Gasteiger charge is -2.17. The molecular formula is C12H15Br2NO. The van der Waals surface area contributed by atoms with Crippen molar-refractivity contribution >= 4 is 37.8 Å². The quantitative estimate of drug-likeness (QED) is 0.761. The molecule has 0 saturated carbocycles. The van der Waals surface area contributed by atoms with Gasteiger partial charge in [0.1, 0.15) is 0 Å². The van der Waals surface area contributed by atoms with Crippen LogP contribution in [0.15, 0.2) is 22.7 Å². The highest BCUT2D eigenvalue weighted by molar-refractivity contribution is 9.10. The first kappa shape index (κ1) is 13.7. The Bertz CT molecular complexity index is 379. The number of hydrogen-bond donors (Lipinski definition) is 0. The van der Waals surface area contributed by atoms with Crippen LogP contribution in [0.1, 0.15) is 22.3 Å². The second kappa shape index (κ2) is 6.40. The predicted molar refractivity (Wildman–Crippen MR) is 74.3 cm³/mol. The number of alkyl halides is 1. The molecule has 0 spiro atoms. The van der Waals surface area contributed by atoms with Gasteiger partial charge in [-0.3, -0.25) is 4.79 Å². The minimum atomic E-state index is 0.0628. The monoisotopic (exact) mass is 347 g/mol. The number of rotatable bonds is 4. The summed E-state index contributed by atoms with van der Waals surface area (Å²) >= 11 is 6.79. The molecule has 0 N–H and O–H groups in total. The van der Waals surface area contributed by atoms with Crippen molar-refractivity contribution in [1.29, 1.82) is 0 Å². The number of nitrogens with zero attached hydrogens (tertiary/aromatic N) is 1. The molecule has 0 aliphatic rings.